The van der Waals surface area contributed by atoms with Gasteiger partial charge in [-0.1, -0.05) is 15.9 Å². The van der Waals surface area contributed by atoms with Gasteiger partial charge in [-0.25, -0.2) is 4.39 Å². The lowest BCUT2D eigenvalue weighted by molar-refractivity contribution is 0.0950. The first kappa shape index (κ1) is 13.2. The molecule has 1 aromatic carbocycles. The van der Waals surface area contributed by atoms with Crippen LogP contribution in [0.25, 0.3) is 0 Å². The van der Waals surface area contributed by atoms with E-state index in [0.717, 1.165) is 6.42 Å². The first-order valence-electron chi connectivity index (χ1n) is 5.41. The maximum atomic E-state index is 13.4. The second kappa shape index (κ2) is 6.11. The SMILES string of the molecule is O=C(NCCc1ccsc1)c1cc(Br)ccc1F. The van der Waals surface area contributed by atoms with Crippen molar-refractivity contribution in [1.29, 1.82) is 0 Å². The molecule has 2 rings (SSSR count). The zero-order valence-electron chi connectivity index (χ0n) is 9.45. The minimum absolute atomic E-state index is 0.0645. The predicted octanol–water partition coefficient (Wildman–Crippen LogP) is 3.62. The van der Waals surface area contributed by atoms with Gasteiger partial charge in [-0.05, 0) is 47.0 Å². The molecule has 0 aliphatic heterocycles. The van der Waals surface area contributed by atoms with Crippen LogP contribution in [0.15, 0.2) is 39.5 Å². The Kier molecular flexibility index (Phi) is 4.49. The fourth-order valence-electron chi connectivity index (χ4n) is 1.52. The van der Waals surface area contributed by atoms with E-state index in [0.29, 0.717) is 11.0 Å². The van der Waals surface area contributed by atoms with Crippen LogP contribution >= 0.6 is 27.3 Å². The van der Waals surface area contributed by atoms with Crippen molar-refractivity contribution in [2.45, 2.75) is 6.42 Å². The Labute approximate surface area is 117 Å². The maximum absolute atomic E-state index is 13.4. The smallest absolute Gasteiger partial charge is 0.254 e. The van der Waals surface area contributed by atoms with Crippen molar-refractivity contribution < 1.29 is 9.18 Å². The van der Waals surface area contributed by atoms with Crippen LogP contribution in [-0.4, -0.2) is 12.5 Å². The van der Waals surface area contributed by atoms with Gasteiger partial charge in [0.25, 0.3) is 5.91 Å². The van der Waals surface area contributed by atoms with Crippen LogP contribution in [0.4, 0.5) is 4.39 Å². The van der Waals surface area contributed by atoms with Crippen LogP contribution in [-0.2, 0) is 6.42 Å². The minimum Gasteiger partial charge on any atom is -0.352 e. The summed E-state index contributed by atoms with van der Waals surface area (Å²) in [5.74, 6) is -0.893. The lowest BCUT2D eigenvalue weighted by atomic mass is 10.2. The molecule has 2 nitrogen and oxygen atoms in total. The van der Waals surface area contributed by atoms with E-state index in [1.165, 1.54) is 17.7 Å². The lowest BCUT2D eigenvalue weighted by Gasteiger charge is -2.06. The molecule has 0 saturated heterocycles. The average Bonchev–Trinajstić information content (AvgIpc) is 2.85. The van der Waals surface area contributed by atoms with Crippen molar-refractivity contribution in [3.63, 3.8) is 0 Å². The van der Waals surface area contributed by atoms with E-state index in [1.54, 1.807) is 17.4 Å². The molecule has 1 amide bonds. The fourth-order valence-corrected chi connectivity index (χ4v) is 2.59. The molecule has 0 spiro atoms. The highest BCUT2D eigenvalue weighted by atomic mass is 79.9. The van der Waals surface area contributed by atoms with Crippen LogP contribution in [0.2, 0.25) is 0 Å². The highest BCUT2D eigenvalue weighted by Gasteiger charge is 2.11. The first-order valence-corrected chi connectivity index (χ1v) is 7.15. The Bertz CT molecular complexity index is 542. The zero-order chi connectivity index (χ0) is 13.0. The monoisotopic (exact) mass is 327 g/mol. The van der Waals surface area contributed by atoms with Gasteiger partial charge in [-0.15, -0.1) is 0 Å². The number of carbonyl (C=O) groups is 1. The van der Waals surface area contributed by atoms with E-state index in [9.17, 15) is 9.18 Å². The van der Waals surface area contributed by atoms with Crippen molar-refractivity contribution in [3.05, 3.63) is 56.4 Å². The van der Waals surface area contributed by atoms with Gasteiger partial charge in [0.15, 0.2) is 0 Å². The summed E-state index contributed by atoms with van der Waals surface area (Å²) in [6.45, 7) is 0.502. The number of amides is 1. The van der Waals surface area contributed by atoms with Gasteiger partial charge in [0.2, 0.25) is 0 Å². The summed E-state index contributed by atoms with van der Waals surface area (Å²) >= 11 is 4.84. The number of hydrogen-bond acceptors (Lipinski definition) is 2. The quantitative estimate of drug-likeness (QED) is 0.912. The Hall–Kier alpha value is -1.20. The standard InChI is InChI=1S/C13H11BrFNOS/c14-10-1-2-12(15)11(7-10)13(17)16-5-3-9-4-6-18-8-9/h1-2,4,6-8H,3,5H2,(H,16,17). The van der Waals surface area contributed by atoms with Crippen molar-refractivity contribution in [2.24, 2.45) is 0 Å². The number of hydrogen-bond donors (Lipinski definition) is 1. The molecule has 5 heteroatoms. The fraction of sp³-hybridized carbons (Fsp3) is 0.154. The van der Waals surface area contributed by atoms with Crippen LogP contribution in [0, 0.1) is 5.82 Å². The van der Waals surface area contributed by atoms with Crippen molar-refractivity contribution in [1.82, 2.24) is 5.32 Å². The van der Waals surface area contributed by atoms with Crippen LogP contribution < -0.4 is 5.32 Å². The average molecular weight is 328 g/mol. The molecule has 0 aliphatic carbocycles. The second-order valence-electron chi connectivity index (χ2n) is 3.76. The Morgan fingerprint density at radius 2 is 2.22 bits per heavy atom. The van der Waals surface area contributed by atoms with Crippen LogP contribution in [0.5, 0.6) is 0 Å². The number of thiophene rings is 1. The topological polar surface area (TPSA) is 29.1 Å². The van der Waals surface area contributed by atoms with Crippen molar-refractivity contribution in [2.75, 3.05) is 6.54 Å². The molecule has 0 fully saturated rings. The molecular weight excluding hydrogens is 317 g/mol. The predicted molar refractivity (Wildman–Crippen MR) is 74.5 cm³/mol. The molecule has 1 aromatic heterocycles. The molecule has 1 N–H and O–H groups in total. The molecule has 1 heterocycles. The summed E-state index contributed by atoms with van der Waals surface area (Å²) in [5, 5.41) is 6.73. The number of nitrogens with one attached hydrogen (secondary N) is 1. The summed E-state index contributed by atoms with van der Waals surface area (Å²) in [6, 6.07) is 6.33. The molecule has 0 unspecified atom stereocenters. The minimum atomic E-state index is -0.508. The molecule has 2 aromatic rings. The van der Waals surface area contributed by atoms with Gasteiger partial charge >= 0.3 is 0 Å². The van der Waals surface area contributed by atoms with E-state index in [1.807, 2.05) is 16.8 Å². The van der Waals surface area contributed by atoms with Gasteiger partial charge in [0.1, 0.15) is 5.82 Å². The van der Waals surface area contributed by atoms with Gasteiger partial charge in [-0.3, -0.25) is 4.79 Å². The molecule has 0 saturated carbocycles. The van der Waals surface area contributed by atoms with E-state index in [4.69, 9.17) is 0 Å². The number of benzene rings is 1. The van der Waals surface area contributed by atoms with Gasteiger partial charge < -0.3 is 5.32 Å². The van der Waals surface area contributed by atoms with E-state index in [-0.39, 0.29) is 11.5 Å². The summed E-state index contributed by atoms with van der Waals surface area (Å²) in [7, 11) is 0. The van der Waals surface area contributed by atoms with E-state index < -0.39 is 5.82 Å². The molecule has 0 radical (unpaired) electrons. The Morgan fingerprint density at radius 3 is 2.94 bits per heavy atom. The molecule has 0 bridgehead atoms. The number of carbonyl (C=O) groups excluding carboxylic acids is 1. The molecule has 0 aliphatic rings. The third-order valence-corrected chi connectivity index (χ3v) is 3.68. The first-order chi connectivity index (χ1) is 8.66. The van der Waals surface area contributed by atoms with Crippen molar-refractivity contribution >= 4 is 33.2 Å². The van der Waals surface area contributed by atoms with E-state index in [2.05, 4.69) is 21.2 Å². The number of halogens is 2. The van der Waals surface area contributed by atoms with E-state index >= 15 is 0 Å². The molecule has 0 atom stereocenters. The third-order valence-electron chi connectivity index (χ3n) is 2.45. The summed E-state index contributed by atoms with van der Waals surface area (Å²) in [5.41, 5.74) is 1.24. The second-order valence-corrected chi connectivity index (χ2v) is 5.46. The van der Waals surface area contributed by atoms with Gasteiger partial charge in [0.05, 0.1) is 5.56 Å². The van der Waals surface area contributed by atoms with Gasteiger partial charge in [0, 0.05) is 11.0 Å². The van der Waals surface area contributed by atoms with Crippen LogP contribution in [0.3, 0.4) is 0 Å². The normalized spacial score (nSPS) is 10.3. The summed E-state index contributed by atoms with van der Waals surface area (Å²) in [4.78, 5) is 11.8. The third kappa shape index (κ3) is 3.40. The molecule has 94 valence electrons. The Morgan fingerprint density at radius 1 is 1.39 bits per heavy atom. The zero-order valence-corrected chi connectivity index (χ0v) is 11.9. The maximum Gasteiger partial charge on any atom is 0.254 e. The highest BCUT2D eigenvalue weighted by molar-refractivity contribution is 9.10. The Balaban J connectivity index is 1.93. The van der Waals surface area contributed by atoms with Crippen molar-refractivity contribution in [3.8, 4) is 0 Å². The summed E-state index contributed by atoms with van der Waals surface area (Å²) in [6.07, 6.45) is 0.755. The largest absolute Gasteiger partial charge is 0.352 e. The highest BCUT2D eigenvalue weighted by Crippen LogP contribution is 2.15. The molecule has 18 heavy (non-hydrogen) atoms. The lowest BCUT2D eigenvalue weighted by Crippen LogP contribution is -2.26. The van der Waals surface area contributed by atoms with Gasteiger partial charge in [-0.2, -0.15) is 11.3 Å². The molecular formula is C13H11BrFNOS. The van der Waals surface area contributed by atoms with Crippen LogP contribution in [0.1, 0.15) is 15.9 Å². The summed E-state index contributed by atoms with van der Waals surface area (Å²) < 4.78 is 14.1. The number of rotatable bonds is 4.